The van der Waals surface area contributed by atoms with E-state index in [0.717, 1.165) is 17.7 Å². The predicted molar refractivity (Wildman–Crippen MR) is 73.0 cm³/mol. The molecule has 18 heavy (non-hydrogen) atoms. The molecule has 1 unspecified atom stereocenters. The Hall–Kier alpha value is -1.33. The van der Waals surface area contributed by atoms with Gasteiger partial charge in [-0.25, -0.2) is 8.42 Å². The van der Waals surface area contributed by atoms with Crippen LogP contribution < -0.4 is 5.32 Å². The molecular formula is C13H18N2O2S. The van der Waals surface area contributed by atoms with E-state index >= 15 is 0 Å². The monoisotopic (exact) mass is 266 g/mol. The molecule has 0 aromatic heterocycles. The number of rotatable bonds is 4. The summed E-state index contributed by atoms with van der Waals surface area (Å²) in [6.45, 7) is 0.927. The lowest BCUT2D eigenvalue weighted by atomic mass is 10.1. The van der Waals surface area contributed by atoms with E-state index in [9.17, 15) is 8.42 Å². The molecule has 1 saturated heterocycles. The van der Waals surface area contributed by atoms with Crippen LogP contribution in [0.3, 0.4) is 0 Å². The van der Waals surface area contributed by atoms with Gasteiger partial charge in [0, 0.05) is 32.9 Å². The third-order valence-electron chi connectivity index (χ3n) is 2.80. The van der Waals surface area contributed by atoms with Gasteiger partial charge in [-0.3, -0.25) is 0 Å². The highest BCUT2D eigenvalue weighted by Crippen LogP contribution is 2.27. The quantitative estimate of drug-likeness (QED) is 0.834. The van der Waals surface area contributed by atoms with Crippen LogP contribution in [0.25, 0.3) is 6.08 Å². The van der Waals surface area contributed by atoms with E-state index in [-0.39, 0.29) is 0 Å². The van der Waals surface area contributed by atoms with E-state index in [2.05, 4.69) is 5.32 Å². The van der Waals surface area contributed by atoms with Crippen molar-refractivity contribution in [3.8, 4) is 0 Å². The molecule has 1 fully saturated rings. The SMILES string of the molecule is CN(C)/C=C/c1ccc(C2CN2)cc1S(C)(=O)=O. The molecule has 0 amide bonds. The molecule has 0 radical (unpaired) electrons. The molecule has 1 aromatic rings. The van der Waals surface area contributed by atoms with Crippen LogP contribution in [0.1, 0.15) is 17.2 Å². The van der Waals surface area contributed by atoms with Crippen molar-refractivity contribution in [2.24, 2.45) is 0 Å². The molecule has 1 N–H and O–H groups in total. The van der Waals surface area contributed by atoms with Crippen LogP contribution in [0.2, 0.25) is 0 Å². The third-order valence-corrected chi connectivity index (χ3v) is 3.95. The van der Waals surface area contributed by atoms with Crippen molar-refractivity contribution in [3.05, 3.63) is 35.5 Å². The Bertz CT molecular complexity index is 573. The molecule has 98 valence electrons. The van der Waals surface area contributed by atoms with Crippen LogP contribution in [-0.4, -0.2) is 40.2 Å². The van der Waals surface area contributed by atoms with Crippen LogP contribution in [-0.2, 0) is 9.84 Å². The Labute approximate surface area is 108 Å². The van der Waals surface area contributed by atoms with Gasteiger partial charge in [0.15, 0.2) is 9.84 Å². The molecule has 1 aromatic carbocycles. The first-order chi connectivity index (χ1) is 8.38. The number of sulfone groups is 1. The minimum Gasteiger partial charge on any atom is -0.383 e. The highest BCUT2D eigenvalue weighted by Gasteiger charge is 2.24. The minimum atomic E-state index is -3.21. The summed E-state index contributed by atoms with van der Waals surface area (Å²) >= 11 is 0. The Kier molecular flexibility index (Phi) is 3.45. The molecule has 1 aliphatic rings. The van der Waals surface area contributed by atoms with Gasteiger partial charge in [-0.15, -0.1) is 0 Å². The van der Waals surface area contributed by atoms with E-state index in [1.165, 1.54) is 6.26 Å². The maximum Gasteiger partial charge on any atom is 0.176 e. The molecule has 0 bridgehead atoms. The van der Waals surface area contributed by atoms with Crippen LogP contribution >= 0.6 is 0 Å². The standard InChI is InChI=1S/C13H18N2O2S/c1-15(2)7-6-10-4-5-11(12-9-14-12)8-13(10)18(3,16)17/h4-8,12,14H,9H2,1-3H3/b7-6+. The Morgan fingerprint density at radius 3 is 2.56 bits per heavy atom. The molecule has 0 saturated carbocycles. The first kappa shape index (κ1) is 13.1. The van der Waals surface area contributed by atoms with Crippen LogP contribution in [0, 0.1) is 0 Å². The molecule has 5 heteroatoms. The fourth-order valence-electron chi connectivity index (χ4n) is 1.75. The van der Waals surface area contributed by atoms with Crippen molar-refractivity contribution >= 4 is 15.9 Å². The van der Waals surface area contributed by atoms with Crippen LogP contribution in [0.5, 0.6) is 0 Å². The number of benzene rings is 1. The summed E-state index contributed by atoms with van der Waals surface area (Å²) in [7, 11) is 0.597. The normalized spacial score (nSPS) is 19.2. The van der Waals surface area contributed by atoms with Crippen LogP contribution in [0.4, 0.5) is 0 Å². The second-order valence-electron chi connectivity index (χ2n) is 4.81. The largest absolute Gasteiger partial charge is 0.383 e. The maximum absolute atomic E-state index is 11.8. The maximum atomic E-state index is 11.8. The lowest BCUT2D eigenvalue weighted by Gasteiger charge is -2.08. The highest BCUT2D eigenvalue weighted by atomic mass is 32.2. The van der Waals surface area contributed by atoms with E-state index in [4.69, 9.17) is 0 Å². The van der Waals surface area contributed by atoms with Crippen LogP contribution in [0.15, 0.2) is 29.3 Å². The summed E-state index contributed by atoms with van der Waals surface area (Å²) in [6.07, 6.45) is 4.92. The number of hydrogen-bond acceptors (Lipinski definition) is 4. The summed E-state index contributed by atoms with van der Waals surface area (Å²) < 4.78 is 23.7. The fraction of sp³-hybridized carbons (Fsp3) is 0.385. The van der Waals surface area contributed by atoms with E-state index in [0.29, 0.717) is 10.9 Å². The molecule has 1 heterocycles. The zero-order chi connectivity index (χ0) is 13.3. The lowest BCUT2D eigenvalue weighted by Crippen LogP contribution is -2.03. The first-order valence-corrected chi connectivity index (χ1v) is 7.69. The molecule has 0 aliphatic carbocycles. The minimum absolute atomic E-state index is 0.317. The number of hydrogen-bond donors (Lipinski definition) is 1. The third kappa shape index (κ3) is 3.11. The Morgan fingerprint density at radius 2 is 2.06 bits per heavy atom. The second kappa shape index (κ2) is 4.74. The summed E-state index contributed by atoms with van der Waals surface area (Å²) in [5.74, 6) is 0. The van der Waals surface area contributed by atoms with Gasteiger partial charge in [0.05, 0.1) is 4.90 Å². The summed E-state index contributed by atoms with van der Waals surface area (Å²) in [5.41, 5.74) is 1.77. The molecule has 0 spiro atoms. The van der Waals surface area contributed by atoms with Crippen molar-refractivity contribution in [1.82, 2.24) is 10.2 Å². The number of nitrogens with zero attached hydrogens (tertiary/aromatic N) is 1. The van der Waals surface area contributed by atoms with Gasteiger partial charge in [0.25, 0.3) is 0 Å². The zero-order valence-electron chi connectivity index (χ0n) is 10.8. The van der Waals surface area contributed by atoms with E-state index in [1.807, 2.05) is 43.4 Å². The predicted octanol–water partition coefficient (Wildman–Crippen LogP) is 1.27. The number of nitrogens with one attached hydrogen (secondary N) is 1. The summed E-state index contributed by atoms with van der Waals surface area (Å²) in [6, 6.07) is 5.94. The van der Waals surface area contributed by atoms with Crippen molar-refractivity contribution in [1.29, 1.82) is 0 Å². The smallest absolute Gasteiger partial charge is 0.176 e. The molecule has 4 nitrogen and oxygen atoms in total. The molecular weight excluding hydrogens is 248 g/mol. The summed E-state index contributed by atoms with van der Waals surface area (Å²) in [5, 5.41) is 3.18. The second-order valence-corrected chi connectivity index (χ2v) is 6.79. The highest BCUT2D eigenvalue weighted by molar-refractivity contribution is 7.90. The van der Waals surface area contributed by atoms with Gasteiger partial charge < -0.3 is 10.2 Å². The van der Waals surface area contributed by atoms with E-state index in [1.54, 1.807) is 6.07 Å². The molecule has 2 rings (SSSR count). The van der Waals surface area contributed by atoms with Crippen molar-refractivity contribution in [2.45, 2.75) is 10.9 Å². The lowest BCUT2D eigenvalue weighted by molar-refractivity contribution is 0.567. The Morgan fingerprint density at radius 1 is 1.39 bits per heavy atom. The topological polar surface area (TPSA) is 59.3 Å². The van der Waals surface area contributed by atoms with Gasteiger partial charge >= 0.3 is 0 Å². The van der Waals surface area contributed by atoms with Gasteiger partial charge in [-0.2, -0.15) is 0 Å². The van der Waals surface area contributed by atoms with Crippen molar-refractivity contribution in [3.63, 3.8) is 0 Å². The molecule has 1 atom stereocenters. The van der Waals surface area contributed by atoms with Gasteiger partial charge in [-0.1, -0.05) is 12.1 Å². The average molecular weight is 266 g/mol. The first-order valence-electron chi connectivity index (χ1n) is 5.80. The summed E-state index contributed by atoms with van der Waals surface area (Å²) in [4.78, 5) is 2.27. The molecule has 1 aliphatic heterocycles. The van der Waals surface area contributed by atoms with Gasteiger partial charge in [0.1, 0.15) is 0 Å². The van der Waals surface area contributed by atoms with Gasteiger partial charge in [0.2, 0.25) is 0 Å². The van der Waals surface area contributed by atoms with Gasteiger partial charge in [-0.05, 0) is 29.5 Å². The van der Waals surface area contributed by atoms with Crippen molar-refractivity contribution in [2.75, 3.05) is 26.9 Å². The van der Waals surface area contributed by atoms with E-state index < -0.39 is 9.84 Å². The fourth-order valence-corrected chi connectivity index (χ4v) is 2.66. The average Bonchev–Trinajstić information content (AvgIpc) is 3.08. The Balaban J connectivity index is 2.45. The van der Waals surface area contributed by atoms with Crippen molar-refractivity contribution < 1.29 is 8.42 Å². The zero-order valence-corrected chi connectivity index (χ0v) is 11.7.